The van der Waals surface area contributed by atoms with Crippen LogP contribution in [0.4, 0.5) is 0 Å². The first-order valence-electron chi connectivity index (χ1n) is 7.67. The third kappa shape index (κ3) is 3.29. The number of para-hydroxylation sites is 1. The fraction of sp³-hybridized carbons (Fsp3) is 0.167. The zero-order valence-corrected chi connectivity index (χ0v) is 14.9. The van der Waals surface area contributed by atoms with Crippen molar-refractivity contribution in [2.24, 2.45) is 0 Å². The number of amides is 1. The molecule has 7 heteroatoms. The highest BCUT2D eigenvalue weighted by atomic mass is 32.2. The number of sulfonamides is 1. The molecule has 0 fully saturated rings. The van der Waals surface area contributed by atoms with Crippen molar-refractivity contribution in [3.05, 3.63) is 64.9 Å². The standard InChI is InChI=1S/C18H18N2O4S/c1-11-8-9-12(2)16(10-11)25(22,23)20-19-18(21)17-13(3)14-6-4-5-7-15(14)24-17/h4-10,20H,1-3H3,(H,19,21). The van der Waals surface area contributed by atoms with E-state index in [4.69, 9.17) is 4.42 Å². The summed E-state index contributed by atoms with van der Waals surface area (Å²) in [6, 6.07) is 12.3. The molecule has 0 aliphatic rings. The van der Waals surface area contributed by atoms with Gasteiger partial charge in [0, 0.05) is 10.9 Å². The van der Waals surface area contributed by atoms with Gasteiger partial charge in [-0.2, -0.15) is 0 Å². The molecule has 1 heterocycles. The number of furan rings is 1. The number of carbonyl (C=O) groups is 1. The Morgan fingerprint density at radius 2 is 1.76 bits per heavy atom. The van der Waals surface area contributed by atoms with Gasteiger partial charge in [-0.3, -0.25) is 10.2 Å². The predicted molar refractivity (Wildman–Crippen MR) is 94.7 cm³/mol. The molecule has 2 aromatic carbocycles. The van der Waals surface area contributed by atoms with Crippen LogP contribution in [0.2, 0.25) is 0 Å². The molecule has 0 spiro atoms. The van der Waals surface area contributed by atoms with Crippen LogP contribution in [0.3, 0.4) is 0 Å². The fourth-order valence-corrected chi connectivity index (χ4v) is 3.78. The number of nitrogens with one attached hydrogen (secondary N) is 2. The van der Waals surface area contributed by atoms with Crippen LogP contribution in [0, 0.1) is 20.8 Å². The van der Waals surface area contributed by atoms with E-state index in [2.05, 4.69) is 10.3 Å². The Kier molecular flexibility index (Phi) is 4.36. The highest BCUT2D eigenvalue weighted by Gasteiger charge is 2.21. The largest absolute Gasteiger partial charge is 0.451 e. The van der Waals surface area contributed by atoms with Crippen molar-refractivity contribution in [2.75, 3.05) is 0 Å². The van der Waals surface area contributed by atoms with Gasteiger partial charge in [0.25, 0.3) is 10.0 Å². The maximum absolute atomic E-state index is 12.4. The second-order valence-corrected chi connectivity index (χ2v) is 7.53. The average Bonchev–Trinajstić information content (AvgIpc) is 2.92. The first-order chi connectivity index (χ1) is 11.8. The van der Waals surface area contributed by atoms with Gasteiger partial charge in [-0.05, 0) is 44.0 Å². The maximum atomic E-state index is 12.4. The fourth-order valence-electron chi connectivity index (χ4n) is 2.61. The molecule has 3 aromatic rings. The Balaban J connectivity index is 1.83. The first-order valence-corrected chi connectivity index (χ1v) is 9.15. The molecule has 25 heavy (non-hydrogen) atoms. The minimum absolute atomic E-state index is 0.0739. The van der Waals surface area contributed by atoms with Gasteiger partial charge >= 0.3 is 5.91 Å². The SMILES string of the molecule is Cc1ccc(C)c(S(=O)(=O)NNC(=O)c2oc3ccccc3c2C)c1. The van der Waals surface area contributed by atoms with Crippen molar-refractivity contribution < 1.29 is 17.6 Å². The van der Waals surface area contributed by atoms with E-state index < -0.39 is 15.9 Å². The van der Waals surface area contributed by atoms with Gasteiger partial charge in [0.2, 0.25) is 0 Å². The van der Waals surface area contributed by atoms with Gasteiger partial charge in [-0.25, -0.2) is 8.42 Å². The van der Waals surface area contributed by atoms with E-state index in [1.807, 2.05) is 18.2 Å². The summed E-state index contributed by atoms with van der Waals surface area (Å²) in [6.07, 6.45) is 0. The number of carbonyl (C=O) groups excluding carboxylic acids is 1. The summed E-state index contributed by atoms with van der Waals surface area (Å²) in [5.74, 6) is -0.576. The molecule has 2 N–H and O–H groups in total. The van der Waals surface area contributed by atoms with Gasteiger partial charge in [-0.1, -0.05) is 30.3 Å². The van der Waals surface area contributed by atoms with Crippen molar-refractivity contribution in [3.8, 4) is 0 Å². The van der Waals surface area contributed by atoms with Gasteiger partial charge in [0.15, 0.2) is 5.76 Å². The summed E-state index contributed by atoms with van der Waals surface area (Å²) in [5.41, 5.74) is 4.84. The first kappa shape index (κ1) is 17.2. The molecule has 3 rings (SSSR count). The lowest BCUT2D eigenvalue weighted by molar-refractivity contribution is 0.0918. The minimum Gasteiger partial charge on any atom is -0.451 e. The highest BCUT2D eigenvalue weighted by molar-refractivity contribution is 7.89. The lowest BCUT2D eigenvalue weighted by Crippen LogP contribution is -2.41. The topological polar surface area (TPSA) is 88.4 Å². The van der Waals surface area contributed by atoms with Gasteiger partial charge in [0.1, 0.15) is 5.58 Å². The van der Waals surface area contributed by atoms with Crippen LogP contribution in [-0.4, -0.2) is 14.3 Å². The summed E-state index contributed by atoms with van der Waals surface area (Å²) >= 11 is 0. The summed E-state index contributed by atoms with van der Waals surface area (Å²) in [5, 5.41) is 0.810. The number of hydrogen-bond donors (Lipinski definition) is 2. The van der Waals surface area contributed by atoms with E-state index >= 15 is 0 Å². The molecule has 0 aliphatic heterocycles. The van der Waals surface area contributed by atoms with Gasteiger partial charge in [0.05, 0.1) is 4.90 Å². The van der Waals surface area contributed by atoms with E-state index in [9.17, 15) is 13.2 Å². The predicted octanol–water partition coefficient (Wildman–Crippen LogP) is 2.98. The van der Waals surface area contributed by atoms with Crippen LogP contribution in [0.15, 0.2) is 51.8 Å². The molecule has 0 saturated carbocycles. The third-order valence-corrected chi connectivity index (χ3v) is 5.37. The monoisotopic (exact) mass is 358 g/mol. The van der Waals surface area contributed by atoms with Crippen molar-refractivity contribution in [1.29, 1.82) is 0 Å². The second-order valence-electron chi connectivity index (χ2n) is 5.88. The molecule has 6 nitrogen and oxygen atoms in total. The quantitative estimate of drug-likeness (QED) is 0.702. The lowest BCUT2D eigenvalue weighted by Gasteiger charge is -2.10. The van der Waals surface area contributed by atoms with Crippen LogP contribution >= 0.6 is 0 Å². The Hall–Kier alpha value is -2.64. The molecule has 130 valence electrons. The van der Waals surface area contributed by atoms with Crippen LogP contribution in [0.5, 0.6) is 0 Å². The maximum Gasteiger partial charge on any atom is 0.302 e. The third-order valence-electron chi connectivity index (χ3n) is 3.98. The van der Waals surface area contributed by atoms with E-state index in [1.165, 1.54) is 0 Å². The molecule has 1 aromatic heterocycles. The molecule has 0 radical (unpaired) electrons. The van der Waals surface area contributed by atoms with E-state index in [0.717, 1.165) is 10.9 Å². The highest BCUT2D eigenvalue weighted by Crippen LogP contribution is 2.24. The zero-order valence-electron chi connectivity index (χ0n) is 14.1. The number of rotatable bonds is 4. The van der Waals surface area contributed by atoms with E-state index in [1.54, 1.807) is 45.0 Å². The van der Waals surface area contributed by atoms with Crippen molar-refractivity contribution in [3.63, 3.8) is 0 Å². The van der Waals surface area contributed by atoms with Crippen LogP contribution < -0.4 is 10.3 Å². The Morgan fingerprint density at radius 1 is 1.04 bits per heavy atom. The molecule has 0 bridgehead atoms. The van der Waals surface area contributed by atoms with Crippen LogP contribution in [-0.2, 0) is 10.0 Å². The molecule has 0 atom stereocenters. The van der Waals surface area contributed by atoms with Crippen molar-refractivity contribution in [1.82, 2.24) is 10.3 Å². The molecule has 1 amide bonds. The van der Waals surface area contributed by atoms with Crippen molar-refractivity contribution in [2.45, 2.75) is 25.7 Å². The average molecular weight is 358 g/mol. The van der Waals surface area contributed by atoms with E-state index in [-0.39, 0.29) is 10.7 Å². The van der Waals surface area contributed by atoms with Crippen LogP contribution in [0.25, 0.3) is 11.0 Å². The smallest absolute Gasteiger partial charge is 0.302 e. The Bertz CT molecular complexity index is 1070. The van der Waals surface area contributed by atoms with E-state index in [0.29, 0.717) is 16.7 Å². The molecule has 0 saturated heterocycles. The zero-order chi connectivity index (χ0) is 18.2. The van der Waals surface area contributed by atoms with Crippen molar-refractivity contribution >= 4 is 26.9 Å². The number of hydrogen-bond acceptors (Lipinski definition) is 4. The summed E-state index contributed by atoms with van der Waals surface area (Å²) in [6.45, 7) is 5.24. The number of benzene rings is 2. The minimum atomic E-state index is -3.88. The summed E-state index contributed by atoms with van der Waals surface area (Å²) in [7, 11) is -3.88. The van der Waals surface area contributed by atoms with Crippen LogP contribution in [0.1, 0.15) is 27.2 Å². The second kappa shape index (κ2) is 6.34. The molecule has 0 aliphatic carbocycles. The Labute approximate surface area is 145 Å². The molecular weight excluding hydrogens is 340 g/mol. The number of hydrazine groups is 1. The summed E-state index contributed by atoms with van der Waals surface area (Å²) < 4.78 is 30.4. The lowest BCUT2D eigenvalue weighted by atomic mass is 10.1. The normalized spacial score (nSPS) is 11.6. The number of fused-ring (bicyclic) bond motifs is 1. The summed E-state index contributed by atoms with van der Waals surface area (Å²) in [4.78, 5) is 14.6. The van der Waals surface area contributed by atoms with Gasteiger partial charge < -0.3 is 4.42 Å². The number of aryl methyl sites for hydroxylation is 3. The Morgan fingerprint density at radius 3 is 2.48 bits per heavy atom. The molecule has 0 unspecified atom stereocenters. The molecular formula is C18H18N2O4S. The van der Waals surface area contributed by atoms with Gasteiger partial charge in [-0.15, -0.1) is 4.83 Å².